The average molecular weight is 290 g/mol. The van der Waals surface area contributed by atoms with E-state index < -0.39 is 19.3 Å². The highest BCUT2D eigenvalue weighted by molar-refractivity contribution is 6.71. The van der Waals surface area contributed by atoms with E-state index in [9.17, 15) is 0 Å². The molecule has 0 spiro atoms. The molecule has 6 heteroatoms. The molecule has 0 bridgehead atoms. The van der Waals surface area contributed by atoms with Gasteiger partial charge in [-0.1, -0.05) is 6.92 Å². The SMILES string of the molecule is CCC1(N)CCC[Si](OC)(OC)C1(CCCN)OC. The van der Waals surface area contributed by atoms with E-state index in [1.807, 2.05) is 0 Å². The molecule has 114 valence electrons. The van der Waals surface area contributed by atoms with Crippen molar-refractivity contribution in [3.63, 3.8) is 0 Å². The van der Waals surface area contributed by atoms with E-state index in [-0.39, 0.29) is 0 Å². The summed E-state index contributed by atoms with van der Waals surface area (Å²) >= 11 is 0. The predicted octanol–water partition coefficient (Wildman–Crippen LogP) is 1.29. The molecule has 1 heterocycles. The molecule has 1 saturated heterocycles. The van der Waals surface area contributed by atoms with Crippen LogP contribution in [-0.4, -0.2) is 47.2 Å². The summed E-state index contributed by atoms with van der Waals surface area (Å²) in [4.78, 5) is 0. The lowest BCUT2D eigenvalue weighted by Gasteiger charge is -2.57. The topological polar surface area (TPSA) is 79.7 Å². The van der Waals surface area contributed by atoms with E-state index in [1.54, 1.807) is 21.3 Å². The first kappa shape index (κ1) is 17.1. The molecule has 0 saturated carbocycles. The van der Waals surface area contributed by atoms with Gasteiger partial charge >= 0.3 is 8.56 Å². The minimum absolute atomic E-state index is 0.395. The minimum Gasteiger partial charge on any atom is -0.396 e. The lowest BCUT2D eigenvalue weighted by molar-refractivity contribution is -0.0687. The summed E-state index contributed by atoms with van der Waals surface area (Å²) < 4.78 is 17.8. The van der Waals surface area contributed by atoms with Crippen LogP contribution in [0.25, 0.3) is 0 Å². The van der Waals surface area contributed by atoms with Crippen LogP contribution >= 0.6 is 0 Å². The minimum atomic E-state index is -2.51. The summed E-state index contributed by atoms with van der Waals surface area (Å²) in [6, 6.07) is 0.928. The third kappa shape index (κ3) is 2.50. The molecule has 19 heavy (non-hydrogen) atoms. The molecule has 1 aliphatic heterocycles. The molecule has 2 atom stereocenters. The van der Waals surface area contributed by atoms with Crippen molar-refractivity contribution in [1.82, 2.24) is 0 Å². The molecule has 2 unspecified atom stereocenters. The highest BCUT2D eigenvalue weighted by atomic mass is 28.4. The molecule has 5 nitrogen and oxygen atoms in total. The van der Waals surface area contributed by atoms with Gasteiger partial charge in [0.2, 0.25) is 0 Å². The van der Waals surface area contributed by atoms with Crippen molar-refractivity contribution in [3.05, 3.63) is 0 Å². The number of nitrogens with two attached hydrogens (primary N) is 2. The van der Waals surface area contributed by atoms with Gasteiger partial charge in [-0.15, -0.1) is 0 Å². The fraction of sp³-hybridized carbons (Fsp3) is 1.00. The number of rotatable bonds is 7. The normalized spacial score (nSPS) is 34.4. The Morgan fingerprint density at radius 2 is 1.84 bits per heavy atom. The van der Waals surface area contributed by atoms with E-state index in [0.29, 0.717) is 6.54 Å². The Morgan fingerprint density at radius 3 is 2.26 bits per heavy atom. The summed E-state index contributed by atoms with van der Waals surface area (Å²) in [6.07, 6.45) is 4.51. The second-order valence-corrected chi connectivity index (χ2v) is 9.08. The predicted molar refractivity (Wildman–Crippen MR) is 79.1 cm³/mol. The molecule has 1 fully saturated rings. The second kappa shape index (κ2) is 6.65. The highest BCUT2D eigenvalue weighted by Gasteiger charge is 2.67. The van der Waals surface area contributed by atoms with Crippen LogP contribution in [0, 0.1) is 0 Å². The molecular formula is C13H30N2O3Si. The van der Waals surface area contributed by atoms with Crippen LogP contribution in [0.5, 0.6) is 0 Å². The molecule has 4 N–H and O–H groups in total. The fourth-order valence-corrected chi connectivity index (χ4v) is 7.96. The third-order valence-electron chi connectivity index (χ3n) is 4.92. The van der Waals surface area contributed by atoms with Crippen LogP contribution in [0.15, 0.2) is 0 Å². The first-order valence-electron chi connectivity index (χ1n) is 7.16. The fourth-order valence-electron chi connectivity index (χ4n) is 3.75. The molecular weight excluding hydrogens is 260 g/mol. The molecule has 1 rings (SSSR count). The summed E-state index contributed by atoms with van der Waals surface area (Å²) in [5, 5.41) is -0.518. The Kier molecular flexibility index (Phi) is 5.97. The van der Waals surface area contributed by atoms with E-state index in [4.69, 9.17) is 25.1 Å². The van der Waals surface area contributed by atoms with Crippen LogP contribution < -0.4 is 11.5 Å². The lowest BCUT2D eigenvalue weighted by Crippen LogP contribution is -2.78. The Balaban J connectivity index is 3.28. The first-order chi connectivity index (χ1) is 9.01. The Hall–Kier alpha value is 0.0169. The van der Waals surface area contributed by atoms with Crippen LogP contribution in [0.3, 0.4) is 0 Å². The average Bonchev–Trinajstić information content (AvgIpc) is 2.45. The van der Waals surface area contributed by atoms with Crippen molar-refractivity contribution in [3.8, 4) is 0 Å². The molecule has 0 aliphatic carbocycles. The number of ether oxygens (including phenoxy) is 1. The second-order valence-electron chi connectivity index (χ2n) is 5.45. The molecule has 0 aromatic carbocycles. The zero-order valence-corrected chi connectivity index (χ0v) is 13.8. The Bertz CT molecular complexity index is 289. The van der Waals surface area contributed by atoms with Gasteiger partial charge in [0.1, 0.15) is 5.22 Å². The van der Waals surface area contributed by atoms with Crippen LogP contribution in [0.2, 0.25) is 6.04 Å². The Labute approximate surface area is 118 Å². The summed E-state index contributed by atoms with van der Waals surface area (Å²) in [5.41, 5.74) is 12.0. The van der Waals surface area contributed by atoms with Gasteiger partial charge in [0.05, 0.1) is 0 Å². The summed E-state index contributed by atoms with van der Waals surface area (Å²) in [7, 11) is 2.69. The summed E-state index contributed by atoms with van der Waals surface area (Å²) in [5.74, 6) is 0. The van der Waals surface area contributed by atoms with Gasteiger partial charge in [0, 0.05) is 26.9 Å². The third-order valence-corrected chi connectivity index (χ3v) is 9.43. The standard InChI is InChI=1S/C13H30N2O3Si/c1-5-12(15)8-7-11-19(17-3,18-4)13(12,16-2)9-6-10-14/h5-11,14-15H2,1-4H3. The van der Waals surface area contributed by atoms with Crippen molar-refractivity contribution in [2.75, 3.05) is 27.9 Å². The van der Waals surface area contributed by atoms with Crippen LogP contribution in [0.4, 0.5) is 0 Å². The Morgan fingerprint density at radius 1 is 1.21 bits per heavy atom. The molecule has 0 radical (unpaired) electrons. The molecule has 0 aromatic heterocycles. The first-order valence-corrected chi connectivity index (χ1v) is 9.18. The van der Waals surface area contributed by atoms with E-state index in [0.717, 1.165) is 38.1 Å². The smallest absolute Gasteiger partial charge is 0.372 e. The number of hydrogen-bond donors (Lipinski definition) is 2. The van der Waals surface area contributed by atoms with Crippen molar-refractivity contribution < 1.29 is 13.6 Å². The maximum atomic E-state index is 6.72. The highest BCUT2D eigenvalue weighted by Crippen LogP contribution is 2.48. The van der Waals surface area contributed by atoms with E-state index >= 15 is 0 Å². The van der Waals surface area contributed by atoms with Gasteiger partial charge in [-0.25, -0.2) is 0 Å². The number of hydrogen-bond acceptors (Lipinski definition) is 5. The van der Waals surface area contributed by atoms with Gasteiger partial charge in [-0.2, -0.15) is 0 Å². The molecule has 0 aromatic rings. The lowest BCUT2D eigenvalue weighted by atomic mass is 9.82. The maximum absolute atomic E-state index is 6.72. The zero-order chi connectivity index (χ0) is 14.6. The van der Waals surface area contributed by atoms with Crippen molar-refractivity contribution in [2.45, 2.75) is 55.8 Å². The van der Waals surface area contributed by atoms with Gasteiger partial charge in [-0.05, 0) is 44.7 Å². The quantitative estimate of drug-likeness (QED) is 0.691. The van der Waals surface area contributed by atoms with Crippen molar-refractivity contribution in [2.24, 2.45) is 11.5 Å². The van der Waals surface area contributed by atoms with E-state index in [2.05, 4.69) is 6.92 Å². The maximum Gasteiger partial charge on any atom is 0.372 e. The van der Waals surface area contributed by atoms with Gasteiger partial charge in [0.25, 0.3) is 0 Å². The van der Waals surface area contributed by atoms with Gasteiger partial charge in [-0.3, -0.25) is 0 Å². The van der Waals surface area contributed by atoms with Crippen LogP contribution in [0.1, 0.15) is 39.0 Å². The monoisotopic (exact) mass is 290 g/mol. The molecule has 0 amide bonds. The van der Waals surface area contributed by atoms with Crippen molar-refractivity contribution >= 4 is 8.56 Å². The van der Waals surface area contributed by atoms with Crippen molar-refractivity contribution in [1.29, 1.82) is 0 Å². The van der Waals surface area contributed by atoms with E-state index in [1.165, 1.54) is 0 Å². The van der Waals surface area contributed by atoms with Gasteiger partial charge in [0.15, 0.2) is 0 Å². The summed E-state index contributed by atoms with van der Waals surface area (Å²) in [6.45, 7) is 2.74. The largest absolute Gasteiger partial charge is 0.396 e. The zero-order valence-electron chi connectivity index (χ0n) is 12.8. The van der Waals surface area contributed by atoms with Gasteiger partial charge < -0.3 is 25.1 Å². The molecule has 1 aliphatic rings. The number of methoxy groups -OCH3 is 1. The van der Waals surface area contributed by atoms with Crippen LogP contribution in [-0.2, 0) is 13.6 Å².